The van der Waals surface area contributed by atoms with Crippen LogP contribution in [0.2, 0.25) is 0 Å². The fourth-order valence-electron chi connectivity index (χ4n) is 1.53. The molecule has 0 saturated heterocycles. The van der Waals surface area contributed by atoms with Gasteiger partial charge in [-0.15, -0.1) is 0 Å². The summed E-state index contributed by atoms with van der Waals surface area (Å²) in [7, 11) is 0. The zero-order valence-corrected chi connectivity index (χ0v) is 10.3. The van der Waals surface area contributed by atoms with E-state index in [-0.39, 0.29) is 0 Å². The predicted molar refractivity (Wildman–Crippen MR) is 73.6 cm³/mol. The molecule has 0 spiro atoms. The number of rotatable bonds is 3. The molecule has 0 fully saturated rings. The Balaban J connectivity index is 2.37. The molecule has 0 unspecified atom stereocenters. The molecule has 2 rings (SSSR count). The zero-order valence-electron chi connectivity index (χ0n) is 9.51. The van der Waals surface area contributed by atoms with Crippen molar-refractivity contribution in [1.29, 1.82) is 0 Å². The maximum atomic E-state index is 5.78. The van der Waals surface area contributed by atoms with E-state index < -0.39 is 0 Å². The van der Waals surface area contributed by atoms with E-state index in [1.807, 2.05) is 55.5 Å². The maximum absolute atomic E-state index is 5.78. The van der Waals surface area contributed by atoms with E-state index in [0.29, 0.717) is 10.7 Å². The minimum Gasteiger partial charge on any atom is -0.457 e. The van der Waals surface area contributed by atoms with E-state index in [2.05, 4.69) is 0 Å². The molecule has 2 aromatic carbocycles. The van der Waals surface area contributed by atoms with Gasteiger partial charge in [0.05, 0.1) is 5.56 Å². The lowest BCUT2D eigenvalue weighted by molar-refractivity contribution is 0.481. The summed E-state index contributed by atoms with van der Waals surface area (Å²) in [6.07, 6.45) is 0. The van der Waals surface area contributed by atoms with Crippen LogP contribution in [0, 0.1) is 6.92 Å². The van der Waals surface area contributed by atoms with Crippen molar-refractivity contribution < 1.29 is 4.74 Å². The van der Waals surface area contributed by atoms with Gasteiger partial charge in [0.15, 0.2) is 0 Å². The Kier molecular flexibility index (Phi) is 3.40. The van der Waals surface area contributed by atoms with Crippen LogP contribution in [0.4, 0.5) is 0 Å². The number of hydrogen-bond acceptors (Lipinski definition) is 2. The van der Waals surface area contributed by atoms with Gasteiger partial charge in [0.25, 0.3) is 0 Å². The van der Waals surface area contributed by atoms with E-state index in [0.717, 1.165) is 16.9 Å². The highest BCUT2D eigenvalue weighted by Gasteiger charge is 2.07. The Morgan fingerprint density at radius 1 is 1.12 bits per heavy atom. The number of hydrogen-bond donors (Lipinski definition) is 1. The first kappa shape index (κ1) is 11.6. The number of benzene rings is 2. The van der Waals surface area contributed by atoms with Gasteiger partial charge in [-0.3, -0.25) is 0 Å². The molecule has 17 heavy (non-hydrogen) atoms. The Bertz CT molecular complexity index is 537. The smallest absolute Gasteiger partial charge is 0.137 e. The molecule has 86 valence electrons. The average Bonchev–Trinajstić information content (AvgIpc) is 2.30. The van der Waals surface area contributed by atoms with Crippen LogP contribution in [0.3, 0.4) is 0 Å². The van der Waals surface area contributed by atoms with Gasteiger partial charge in [-0.05, 0) is 36.8 Å². The van der Waals surface area contributed by atoms with Gasteiger partial charge in [0.1, 0.15) is 16.5 Å². The molecule has 2 N–H and O–H groups in total. The molecule has 0 bridgehead atoms. The highest BCUT2D eigenvalue weighted by molar-refractivity contribution is 7.80. The molecule has 0 radical (unpaired) electrons. The van der Waals surface area contributed by atoms with Crippen LogP contribution in [0.5, 0.6) is 11.5 Å². The lowest BCUT2D eigenvalue weighted by Crippen LogP contribution is -2.10. The first-order valence-corrected chi connectivity index (χ1v) is 5.71. The van der Waals surface area contributed by atoms with Gasteiger partial charge in [-0.1, -0.05) is 36.5 Å². The summed E-state index contributed by atoms with van der Waals surface area (Å²) >= 11 is 5.01. The predicted octanol–water partition coefficient (Wildman–Crippen LogP) is 3.42. The van der Waals surface area contributed by atoms with Crippen molar-refractivity contribution in [2.45, 2.75) is 6.92 Å². The summed E-state index contributed by atoms with van der Waals surface area (Å²) in [6, 6.07) is 15.4. The van der Waals surface area contributed by atoms with Crippen molar-refractivity contribution in [2.24, 2.45) is 5.73 Å². The second-order valence-electron chi connectivity index (χ2n) is 3.78. The van der Waals surface area contributed by atoms with E-state index >= 15 is 0 Å². The second kappa shape index (κ2) is 4.97. The molecule has 0 aliphatic heterocycles. The molecule has 0 aromatic heterocycles. The molecule has 0 aliphatic carbocycles. The number of ether oxygens (including phenoxy) is 1. The standard InChI is InChI=1S/C14H13NOS/c1-10-7-8-12(14(15)17)13(9-10)16-11-5-3-2-4-6-11/h2-9H,1H3,(H2,15,17). The summed E-state index contributed by atoms with van der Waals surface area (Å²) in [5.74, 6) is 1.47. The Labute approximate surface area is 106 Å². The summed E-state index contributed by atoms with van der Waals surface area (Å²) in [5.41, 5.74) is 7.54. The summed E-state index contributed by atoms with van der Waals surface area (Å²) in [4.78, 5) is 0.343. The van der Waals surface area contributed by atoms with E-state index in [4.69, 9.17) is 22.7 Å². The van der Waals surface area contributed by atoms with Crippen LogP contribution in [0.15, 0.2) is 48.5 Å². The van der Waals surface area contributed by atoms with Crippen LogP contribution in [-0.4, -0.2) is 4.99 Å². The Morgan fingerprint density at radius 2 is 1.82 bits per heavy atom. The lowest BCUT2D eigenvalue weighted by atomic mass is 10.1. The van der Waals surface area contributed by atoms with Gasteiger partial charge in [0, 0.05) is 0 Å². The first-order valence-electron chi connectivity index (χ1n) is 5.30. The molecular formula is C14H13NOS. The molecule has 2 aromatic rings. The average molecular weight is 243 g/mol. The molecule has 0 amide bonds. The molecule has 0 heterocycles. The maximum Gasteiger partial charge on any atom is 0.137 e. The van der Waals surface area contributed by atoms with Crippen LogP contribution in [0.1, 0.15) is 11.1 Å². The SMILES string of the molecule is Cc1ccc(C(N)=S)c(Oc2ccccc2)c1. The number of aryl methyl sites for hydroxylation is 1. The fourth-order valence-corrected chi connectivity index (χ4v) is 1.70. The molecule has 0 aliphatic rings. The van der Waals surface area contributed by atoms with Gasteiger partial charge < -0.3 is 10.5 Å². The Hall–Kier alpha value is -1.87. The summed E-state index contributed by atoms with van der Waals surface area (Å²) < 4.78 is 5.78. The van der Waals surface area contributed by atoms with Gasteiger partial charge >= 0.3 is 0 Å². The van der Waals surface area contributed by atoms with Gasteiger partial charge in [-0.2, -0.15) is 0 Å². The number of para-hydroxylation sites is 1. The highest BCUT2D eigenvalue weighted by Crippen LogP contribution is 2.26. The minimum absolute atomic E-state index is 0.343. The van der Waals surface area contributed by atoms with Crippen LogP contribution in [0.25, 0.3) is 0 Å². The third-order valence-corrected chi connectivity index (χ3v) is 2.59. The second-order valence-corrected chi connectivity index (χ2v) is 4.22. The molecule has 0 saturated carbocycles. The van der Waals surface area contributed by atoms with Crippen LogP contribution in [-0.2, 0) is 0 Å². The highest BCUT2D eigenvalue weighted by atomic mass is 32.1. The third kappa shape index (κ3) is 2.82. The van der Waals surface area contributed by atoms with Crippen molar-refractivity contribution in [3.05, 3.63) is 59.7 Å². The normalized spacial score (nSPS) is 9.94. The first-order chi connectivity index (χ1) is 8.16. The zero-order chi connectivity index (χ0) is 12.3. The van der Waals surface area contributed by atoms with E-state index in [1.54, 1.807) is 0 Å². The van der Waals surface area contributed by atoms with Crippen molar-refractivity contribution in [3.8, 4) is 11.5 Å². The molecule has 2 nitrogen and oxygen atoms in total. The van der Waals surface area contributed by atoms with E-state index in [9.17, 15) is 0 Å². The number of thiocarbonyl (C=S) groups is 1. The Morgan fingerprint density at radius 3 is 2.47 bits per heavy atom. The topological polar surface area (TPSA) is 35.2 Å². The van der Waals surface area contributed by atoms with Crippen molar-refractivity contribution in [3.63, 3.8) is 0 Å². The molecule has 3 heteroatoms. The lowest BCUT2D eigenvalue weighted by Gasteiger charge is -2.11. The summed E-state index contributed by atoms with van der Waals surface area (Å²) in [6.45, 7) is 2.00. The molecular weight excluding hydrogens is 230 g/mol. The summed E-state index contributed by atoms with van der Waals surface area (Å²) in [5, 5.41) is 0. The van der Waals surface area contributed by atoms with Crippen molar-refractivity contribution in [1.82, 2.24) is 0 Å². The quantitative estimate of drug-likeness (QED) is 0.839. The van der Waals surface area contributed by atoms with Crippen molar-refractivity contribution >= 4 is 17.2 Å². The van der Waals surface area contributed by atoms with Crippen LogP contribution < -0.4 is 10.5 Å². The van der Waals surface area contributed by atoms with Gasteiger partial charge in [0.2, 0.25) is 0 Å². The third-order valence-electron chi connectivity index (χ3n) is 2.37. The van der Waals surface area contributed by atoms with Crippen molar-refractivity contribution in [2.75, 3.05) is 0 Å². The monoisotopic (exact) mass is 243 g/mol. The minimum atomic E-state index is 0.343. The van der Waals surface area contributed by atoms with Crippen LogP contribution >= 0.6 is 12.2 Å². The fraction of sp³-hybridized carbons (Fsp3) is 0.0714. The largest absolute Gasteiger partial charge is 0.457 e. The van der Waals surface area contributed by atoms with Gasteiger partial charge in [-0.25, -0.2) is 0 Å². The molecule has 0 atom stereocenters. The number of nitrogens with two attached hydrogens (primary N) is 1. The van der Waals surface area contributed by atoms with E-state index in [1.165, 1.54) is 0 Å².